The van der Waals surface area contributed by atoms with E-state index in [-0.39, 0.29) is 11.6 Å². The summed E-state index contributed by atoms with van der Waals surface area (Å²) in [7, 11) is 0. The number of hydrogen-bond donors (Lipinski definition) is 0. The van der Waals surface area contributed by atoms with Gasteiger partial charge in [-0.2, -0.15) is 0 Å². The Morgan fingerprint density at radius 2 is 1.75 bits per heavy atom. The van der Waals surface area contributed by atoms with Crippen LogP contribution in [-0.2, 0) is 0 Å². The van der Waals surface area contributed by atoms with Gasteiger partial charge in [-0.05, 0) is 18.9 Å². The van der Waals surface area contributed by atoms with Crippen LogP contribution in [0.5, 0.6) is 0 Å². The van der Waals surface area contributed by atoms with E-state index >= 15 is 0 Å². The maximum atomic E-state index is 13.2. The lowest BCUT2D eigenvalue weighted by Gasteiger charge is -2.35. The first-order valence-electron chi connectivity index (χ1n) is 9.47. The van der Waals surface area contributed by atoms with E-state index in [0.29, 0.717) is 31.7 Å². The molecule has 0 spiro atoms. The van der Waals surface area contributed by atoms with Crippen molar-refractivity contribution >= 4 is 23.1 Å². The van der Waals surface area contributed by atoms with E-state index in [1.54, 1.807) is 29.6 Å². The molecule has 0 atom stereocenters. The number of piperazine rings is 1. The molecule has 3 heterocycles. The lowest BCUT2D eigenvalue weighted by atomic mass is 10.1. The summed E-state index contributed by atoms with van der Waals surface area (Å²) >= 11 is 0. The van der Waals surface area contributed by atoms with Gasteiger partial charge in [0.1, 0.15) is 5.82 Å². The molecule has 4 rings (SSSR count). The van der Waals surface area contributed by atoms with E-state index in [1.165, 1.54) is 12.1 Å². The Bertz CT molecular complexity index is 861. The van der Waals surface area contributed by atoms with Crippen LogP contribution in [-0.4, -0.2) is 65.0 Å². The van der Waals surface area contributed by atoms with E-state index in [0.717, 1.165) is 37.4 Å². The van der Waals surface area contributed by atoms with Crippen molar-refractivity contribution in [3.63, 3.8) is 0 Å². The molecule has 2 aromatic rings. The van der Waals surface area contributed by atoms with Crippen LogP contribution in [0.3, 0.4) is 0 Å². The highest BCUT2D eigenvalue weighted by molar-refractivity contribution is 6.00. The quantitative estimate of drug-likeness (QED) is 0.589. The lowest BCUT2D eigenvalue weighted by Crippen LogP contribution is -2.49. The molecule has 28 heavy (non-hydrogen) atoms. The molecule has 1 aromatic heterocycles. The van der Waals surface area contributed by atoms with Crippen molar-refractivity contribution < 1.29 is 9.72 Å². The van der Waals surface area contributed by atoms with Crippen molar-refractivity contribution in [3.05, 3.63) is 52.5 Å². The Morgan fingerprint density at radius 3 is 2.39 bits per heavy atom. The number of aromatic nitrogens is 2. The monoisotopic (exact) mass is 382 g/mol. The van der Waals surface area contributed by atoms with Gasteiger partial charge < -0.3 is 14.7 Å². The Hall–Kier alpha value is -3.23. The highest BCUT2D eigenvalue weighted by Gasteiger charge is 2.28. The lowest BCUT2D eigenvalue weighted by molar-refractivity contribution is -0.384. The van der Waals surface area contributed by atoms with Crippen LogP contribution < -0.4 is 9.80 Å². The molecule has 9 heteroatoms. The van der Waals surface area contributed by atoms with Crippen LogP contribution in [0.1, 0.15) is 23.2 Å². The van der Waals surface area contributed by atoms with E-state index in [1.807, 2.05) is 0 Å². The summed E-state index contributed by atoms with van der Waals surface area (Å²) in [4.78, 5) is 38.4. The molecule has 1 amide bonds. The zero-order valence-electron chi connectivity index (χ0n) is 15.5. The van der Waals surface area contributed by atoms with Gasteiger partial charge in [-0.25, -0.2) is 4.98 Å². The number of carbonyl (C=O) groups is 1. The van der Waals surface area contributed by atoms with Crippen molar-refractivity contribution in [2.45, 2.75) is 12.8 Å². The number of nitro benzene ring substituents is 1. The molecule has 2 fully saturated rings. The fourth-order valence-electron chi connectivity index (χ4n) is 3.81. The number of nitrogens with zero attached hydrogens (tertiary/aromatic N) is 6. The van der Waals surface area contributed by atoms with Gasteiger partial charge in [0, 0.05) is 63.8 Å². The van der Waals surface area contributed by atoms with Crippen molar-refractivity contribution in [1.82, 2.24) is 14.9 Å². The van der Waals surface area contributed by atoms with Crippen molar-refractivity contribution in [2.75, 3.05) is 49.1 Å². The molecule has 0 radical (unpaired) electrons. The predicted molar refractivity (Wildman–Crippen MR) is 105 cm³/mol. The third-order valence-corrected chi connectivity index (χ3v) is 5.31. The fraction of sp³-hybridized carbons (Fsp3) is 0.421. The SMILES string of the molecule is O=C(c1cc([N+](=O)[O-])ccc1N1CCCC1)N1CCN(c2cnccn2)CC1. The molecule has 0 unspecified atom stereocenters. The maximum absolute atomic E-state index is 13.2. The highest BCUT2D eigenvalue weighted by Crippen LogP contribution is 2.29. The number of carbonyl (C=O) groups excluding carboxylic acids is 1. The molecule has 1 aromatic carbocycles. The van der Waals surface area contributed by atoms with Gasteiger partial charge >= 0.3 is 0 Å². The Kier molecular flexibility index (Phi) is 5.05. The number of anilines is 2. The minimum atomic E-state index is -0.448. The molecule has 2 aliphatic heterocycles. The molecule has 0 N–H and O–H groups in total. The molecule has 2 aliphatic rings. The normalized spacial score (nSPS) is 17.1. The number of nitro groups is 1. The Balaban J connectivity index is 1.54. The van der Waals surface area contributed by atoms with E-state index in [9.17, 15) is 14.9 Å². The molecule has 2 saturated heterocycles. The summed E-state index contributed by atoms with van der Waals surface area (Å²) in [5, 5.41) is 11.2. The first-order valence-corrected chi connectivity index (χ1v) is 9.47. The van der Waals surface area contributed by atoms with Crippen LogP contribution in [0, 0.1) is 10.1 Å². The van der Waals surface area contributed by atoms with E-state index < -0.39 is 4.92 Å². The highest BCUT2D eigenvalue weighted by atomic mass is 16.6. The topological polar surface area (TPSA) is 95.7 Å². The summed E-state index contributed by atoms with van der Waals surface area (Å²) in [5.41, 5.74) is 1.16. The molecule has 146 valence electrons. The van der Waals surface area contributed by atoms with Crippen LogP contribution in [0.2, 0.25) is 0 Å². The van der Waals surface area contributed by atoms with Gasteiger partial charge in [-0.1, -0.05) is 0 Å². The Morgan fingerprint density at radius 1 is 1.00 bits per heavy atom. The zero-order valence-corrected chi connectivity index (χ0v) is 15.5. The number of hydrogen-bond acceptors (Lipinski definition) is 7. The standard InChI is InChI=1S/C19H22N6O3/c26-19(24-11-9-23(10-12-24)18-14-20-5-6-21-18)16-13-15(25(27)28)3-4-17(16)22-7-1-2-8-22/h3-6,13-14H,1-2,7-12H2. The fourth-order valence-corrected chi connectivity index (χ4v) is 3.81. The van der Waals surface area contributed by atoms with E-state index in [4.69, 9.17) is 0 Å². The minimum absolute atomic E-state index is 0.0514. The minimum Gasteiger partial charge on any atom is -0.371 e. The third-order valence-electron chi connectivity index (χ3n) is 5.31. The molecule has 0 saturated carbocycles. The van der Waals surface area contributed by atoms with Crippen LogP contribution in [0.25, 0.3) is 0 Å². The smallest absolute Gasteiger partial charge is 0.270 e. The second-order valence-electron chi connectivity index (χ2n) is 7.00. The van der Waals surface area contributed by atoms with Crippen molar-refractivity contribution in [1.29, 1.82) is 0 Å². The molecular weight excluding hydrogens is 360 g/mol. The van der Waals surface area contributed by atoms with Crippen LogP contribution in [0.15, 0.2) is 36.8 Å². The van der Waals surface area contributed by atoms with Gasteiger partial charge in [0.15, 0.2) is 0 Å². The van der Waals surface area contributed by atoms with Gasteiger partial charge in [0.25, 0.3) is 11.6 Å². The summed E-state index contributed by atoms with van der Waals surface area (Å²) in [6, 6.07) is 4.62. The summed E-state index contributed by atoms with van der Waals surface area (Å²) in [6.07, 6.45) is 7.13. The average Bonchev–Trinajstić information content (AvgIpc) is 3.28. The summed E-state index contributed by atoms with van der Waals surface area (Å²) in [6.45, 7) is 4.13. The maximum Gasteiger partial charge on any atom is 0.270 e. The van der Waals surface area contributed by atoms with Crippen molar-refractivity contribution in [3.8, 4) is 0 Å². The van der Waals surface area contributed by atoms with Gasteiger partial charge in [-0.3, -0.25) is 19.9 Å². The van der Waals surface area contributed by atoms with Crippen molar-refractivity contribution in [2.24, 2.45) is 0 Å². The zero-order chi connectivity index (χ0) is 19.5. The number of benzene rings is 1. The average molecular weight is 382 g/mol. The number of rotatable bonds is 4. The molecule has 9 nitrogen and oxygen atoms in total. The van der Waals surface area contributed by atoms with Gasteiger partial charge in [-0.15, -0.1) is 0 Å². The third kappa shape index (κ3) is 3.60. The van der Waals surface area contributed by atoms with Crippen LogP contribution >= 0.6 is 0 Å². The van der Waals surface area contributed by atoms with Gasteiger partial charge in [0.05, 0.1) is 22.4 Å². The largest absolute Gasteiger partial charge is 0.371 e. The van der Waals surface area contributed by atoms with Gasteiger partial charge in [0.2, 0.25) is 0 Å². The van der Waals surface area contributed by atoms with Crippen LogP contribution in [0.4, 0.5) is 17.2 Å². The second kappa shape index (κ2) is 7.79. The Labute approximate surface area is 162 Å². The van der Waals surface area contributed by atoms with E-state index in [2.05, 4.69) is 19.8 Å². The first-order chi connectivity index (χ1) is 13.6. The molecule has 0 aliphatic carbocycles. The number of non-ortho nitro benzene ring substituents is 1. The first kappa shape index (κ1) is 18.1. The second-order valence-corrected chi connectivity index (χ2v) is 7.00. The summed E-state index contributed by atoms with van der Waals surface area (Å²) < 4.78 is 0. The molecule has 0 bridgehead atoms. The molecular formula is C19H22N6O3. The predicted octanol–water partition coefficient (Wildman–Crippen LogP) is 1.95. The number of amides is 1. The summed E-state index contributed by atoms with van der Waals surface area (Å²) in [5.74, 6) is 0.645.